The van der Waals surface area contributed by atoms with Gasteiger partial charge >= 0.3 is 0 Å². The fourth-order valence-electron chi connectivity index (χ4n) is 2.46. The molecule has 2 aromatic carbocycles. The maximum absolute atomic E-state index is 10.2. The van der Waals surface area contributed by atoms with Crippen LogP contribution in [0.15, 0.2) is 53.5 Å². The molecular formula is C20H28IN3O2. The Morgan fingerprint density at radius 1 is 1.19 bits per heavy atom. The second-order valence-corrected chi connectivity index (χ2v) is 6.07. The first-order chi connectivity index (χ1) is 12.0. The molecule has 2 aromatic rings. The lowest BCUT2D eigenvalue weighted by Gasteiger charge is -2.12. The van der Waals surface area contributed by atoms with E-state index < -0.39 is 6.10 Å². The van der Waals surface area contributed by atoms with Crippen LogP contribution in [-0.4, -0.2) is 24.7 Å². The van der Waals surface area contributed by atoms with E-state index in [1.165, 1.54) is 5.56 Å². The van der Waals surface area contributed by atoms with Crippen molar-refractivity contribution < 1.29 is 9.84 Å². The van der Waals surface area contributed by atoms with Crippen LogP contribution in [0.1, 0.15) is 43.4 Å². The van der Waals surface area contributed by atoms with Crippen LogP contribution in [0.5, 0.6) is 5.75 Å². The topological polar surface area (TPSA) is 79.9 Å². The third kappa shape index (κ3) is 6.49. The molecule has 0 amide bonds. The summed E-state index contributed by atoms with van der Waals surface area (Å²) in [5.41, 5.74) is 8.84. The van der Waals surface area contributed by atoms with Gasteiger partial charge < -0.3 is 20.9 Å². The largest absolute Gasteiger partial charge is 0.497 e. The molecule has 26 heavy (non-hydrogen) atoms. The monoisotopic (exact) mass is 469 g/mol. The van der Waals surface area contributed by atoms with Gasteiger partial charge in [-0.15, -0.1) is 24.0 Å². The van der Waals surface area contributed by atoms with Crippen molar-refractivity contribution in [3.63, 3.8) is 0 Å². The molecule has 0 spiro atoms. The summed E-state index contributed by atoms with van der Waals surface area (Å²) >= 11 is 0. The maximum atomic E-state index is 10.2. The van der Waals surface area contributed by atoms with E-state index in [-0.39, 0.29) is 36.5 Å². The van der Waals surface area contributed by atoms with Crippen molar-refractivity contribution >= 4 is 35.6 Å². The third-order valence-corrected chi connectivity index (χ3v) is 4.28. The predicted octanol–water partition coefficient (Wildman–Crippen LogP) is 4.29. The molecule has 2 atom stereocenters. The molecule has 6 heteroatoms. The van der Waals surface area contributed by atoms with Crippen molar-refractivity contribution in [1.82, 2.24) is 0 Å². The van der Waals surface area contributed by atoms with E-state index in [0.717, 1.165) is 17.7 Å². The Bertz CT molecular complexity index is 704. The number of ether oxygens (including phenoxy) is 1. The Kier molecular flexibility index (Phi) is 9.43. The van der Waals surface area contributed by atoms with Gasteiger partial charge in [0.25, 0.3) is 0 Å². The molecule has 0 aromatic heterocycles. The molecule has 0 aliphatic heterocycles. The number of benzene rings is 2. The van der Waals surface area contributed by atoms with Gasteiger partial charge in [-0.25, -0.2) is 0 Å². The van der Waals surface area contributed by atoms with E-state index in [4.69, 9.17) is 10.5 Å². The fourth-order valence-corrected chi connectivity index (χ4v) is 2.46. The van der Waals surface area contributed by atoms with Crippen LogP contribution >= 0.6 is 24.0 Å². The molecule has 0 saturated heterocycles. The zero-order valence-corrected chi connectivity index (χ0v) is 17.8. The van der Waals surface area contributed by atoms with Crippen LogP contribution in [0.3, 0.4) is 0 Å². The number of anilines is 1. The Labute approximate surface area is 172 Å². The van der Waals surface area contributed by atoms with E-state index >= 15 is 0 Å². The highest BCUT2D eigenvalue weighted by Crippen LogP contribution is 2.21. The number of guanidine groups is 1. The van der Waals surface area contributed by atoms with E-state index in [9.17, 15) is 5.11 Å². The minimum Gasteiger partial charge on any atom is -0.497 e. The van der Waals surface area contributed by atoms with Gasteiger partial charge in [-0.3, -0.25) is 4.99 Å². The lowest BCUT2D eigenvalue weighted by atomic mass is 9.99. The highest BCUT2D eigenvalue weighted by Gasteiger charge is 2.08. The van der Waals surface area contributed by atoms with Gasteiger partial charge in [-0.1, -0.05) is 38.1 Å². The van der Waals surface area contributed by atoms with E-state index in [0.29, 0.717) is 11.7 Å². The smallest absolute Gasteiger partial charge is 0.193 e. The first-order valence-corrected chi connectivity index (χ1v) is 8.52. The summed E-state index contributed by atoms with van der Waals surface area (Å²) in [6.45, 7) is 4.56. The standard InChI is InChI=1S/C20H27N3O2.HI/c1-4-14(2)15-8-10-17(11-9-15)23-20(21)22-13-19(24)16-6-5-7-18(12-16)25-3;/h5-12,14,19,24H,4,13H2,1-3H3,(H3,21,22,23);1H. The number of aliphatic imine (C=N–C) groups is 1. The van der Waals surface area contributed by atoms with Gasteiger partial charge in [0.15, 0.2) is 5.96 Å². The molecule has 0 aliphatic rings. The van der Waals surface area contributed by atoms with Crippen LogP contribution in [0, 0.1) is 0 Å². The number of aliphatic hydroxyl groups excluding tert-OH is 1. The Balaban J connectivity index is 0.00000338. The fraction of sp³-hybridized carbons (Fsp3) is 0.350. The predicted molar refractivity (Wildman–Crippen MR) is 119 cm³/mol. The number of nitrogens with zero attached hydrogens (tertiary/aromatic N) is 1. The van der Waals surface area contributed by atoms with Crippen molar-refractivity contribution in [3.05, 3.63) is 59.7 Å². The normalized spacial score (nSPS) is 13.5. The molecule has 4 N–H and O–H groups in total. The second-order valence-electron chi connectivity index (χ2n) is 6.07. The maximum Gasteiger partial charge on any atom is 0.193 e. The zero-order valence-electron chi connectivity index (χ0n) is 15.5. The molecule has 0 radical (unpaired) electrons. The number of methoxy groups -OCH3 is 1. The Morgan fingerprint density at radius 2 is 1.88 bits per heavy atom. The van der Waals surface area contributed by atoms with E-state index in [1.807, 2.05) is 30.3 Å². The van der Waals surface area contributed by atoms with E-state index in [2.05, 4.69) is 36.3 Å². The SMILES string of the molecule is CCC(C)c1ccc(NC(N)=NCC(O)c2cccc(OC)c2)cc1.I. The molecule has 2 unspecified atom stereocenters. The summed E-state index contributed by atoms with van der Waals surface area (Å²) in [6.07, 6.45) is 0.377. The number of nitrogens with one attached hydrogen (secondary N) is 1. The van der Waals surface area contributed by atoms with Crippen molar-refractivity contribution in [1.29, 1.82) is 0 Å². The minimum absolute atomic E-state index is 0. The molecule has 0 aliphatic carbocycles. The Morgan fingerprint density at radius 3 is 2.50 bits per heavy atom. The summed E-state index contributed by atoms with van der Waals surface area (Å²) in [6, 6.07) is 15.5. The minimum atomic E-state index is -0.733. The van der Waals surface area contributed by atoms with Crippen LogP contribution in [-0.2, 0) is 0 Å². The third-order valence-electron chi connectivity index (χ3n) is 4.28. The van der Waals surface area contributed by atoms with Crippen molar-refractivity contribution in [3.8, 4) is 5.75 Å². The lowest BCUT2D eigenvalue weighted by Crippen LogP contribution is -2.23. The highest BCUT2D eigenvalue weighted by molar-refractivity contribution is 14.0. The van der Waals surface area contributed by atoms with Crippen LogP contribution in [0.25, 0.3) is 0 Å². The summed E-state index contributed by atoms with van der Waals surface area (Å²) in [7, 11) is 1.60. The number of hydrogen-bond donors (Lipinski definition) is 3. The molecule has 142 valence electrons. The van der Waals surface area contributed by atoms with Gasteiger partial charge in [0.1, 0.15) is 5.75 Å². The number of hydrogen-bond acceptors (Lipinski definition) is 3. The number of rotatable bonds is 7. The summed E-state index contributed by atoms with van der Waals surface area (Å²) in [4.78, 5) is 4.22. The average Bonchev–Trinajstić information content (AvgIpc) is 2.66. The molecule has 0 bridgehead atoms. The molecule has 5 nitrogen and oxygen atoms in total. The van der Waals surface area contributed by atoms with Crippen molar-refractivity contribution in [2.45, 2.75) is 32.3 Å². The number of aliphatic hydroxyl groups is 1. The van der Waals surface area contributed by atoms with Crippen molar-refractivity contribution in [2.24, 2.45) is 10.7 Å². The van der Waals surface area contributed by atoms with Crippen LogP contribution < -0.4 is 15.8 Å². The molecule has 0 fully saturated rings. The lowest BCUT2D eigenvalue weighted by molar-refractivity contribution is 0.187. The van der Waals surface area contributed by atoms with Gasteiger partial charge in [0, 0.05) is 5.69 Å². The summed E-state index contributed by atoms with van der Waals surface area (Å²) in [5, 5.41) is 13.3. The summed E-state index contributed by atoms with van der Waals surface area (Å²) < 4.78 is 5.16. The van der Waals surface area contributed by atoms with Crippen molar-refractivity contribution in [2.75, 3.05) is 19.0 Å². The molecular weight excluding hydrogens is 441 g/mol. The quantitative estimate of drug-likeness (QED) is 0.321. The van der Waals surface area contributed by atoms with Crippen LogP contribution in [0.2, 0.25) is 0 Å². The molecule has 2 rings (SSSR count). The average molecular weight is 469 g/mol. The zero-order chi connectivity index (χ0) is 18.2. The van der Waals surface area contributed by atoms with Gasteiger partial charge in [0.05, 0.1) is 19.8 Å². The first-order valence-electron chi connectivity index (χ1n) is 8.52. The first kappa shape index (κ1) is 22.2. The van der Waals surface area contributed by atoms with Gasteiger partial charge in [-0.05, 0) is 47.7 Å². The van der Waals surface area contributed by atoms with Gasteiger partial charge in [-0.2, -0.15) is 0 Å². The van der Waals surface area contributed by atoms with Gasteiger partial charge in [0.2, 0.25) is 0 Å². The highest BCUT2D eigenvalue weighted by atomic mass is 127. The molecule has 0 saturated carbocycles. The number of halogens is 1. The summed E-state index contributed by atoms with van der Waals surface area (Å²) in [5.74, 6) is 1.52. The number of nitrogens with two attached hydrogens (primary N) is 1. The second kappa shape index (κ2) is 11.0. The molecule has 0 heterocycles. The Hall–Kier alpha value is -1.80. The van der Waals surface area contributed by atoms with Crippen LogP contribution in [0.4, 0.5) is 5.69 Å². The van der Waals surface area contributed by atoms with E-state index in [1.54, 1.807) is 13.2 Å².